The highest BCUT2D eigenvalue weighted by Gasteiger charge is 2.07. The molecular formula is C10H9N2O2. The van der Waals surface area contributed by atoms with Gasteiger partial charge in [-0.25, -0.2) is 0 Å². The molecular weight excluding hydrogens is 180 g/mol. The zero-order valence-corrected chi connectivity index (χ0v) is 7.49. The lowest BCUT2D eigenvalue weighted by molar-refractivity contribution is -0.384. The largest absolute Gasteiger partial charge is 0.358 e. The fraction of sp³-hybridized carbons (Fsp3) is 0.100. The number of aromatic amines is 1. The van der Waals surface area contributed by atoms with Crippen LogP contribution in [0.2, 0.25) is 0 Å². The summed E-state index contributed by atoms with van der Waals surface area (Å²) in [6.45, 7) is 3.74. The summed E-state index contributed by atoms with van der Waals surface area (Å²) in [7, 11) is 0. The van der Waals surface area contributed by atoms with Crippen molar-refractivity contribution in [2.45, 2.75) is 6.42 Å². The van der Waals surface area contributed by atoms with E-state index in [1.165, 1.54) is 6.07 Å². The summed E-state index contributed by atoms with van der Waals surface area (Å²) in [4.78, 5) is 13.2. The number of non-ortho nitro benzene ring substituents is 1. The summed E-state index contributed by atoms with van der Waals surface area (Å²) in [6, 6.07) is 6.65. The van der Waals surface area contributed by atoms with Gasteiger partial charge in [-0.2, -0.15) is 0 Å². The van der Waals surface area contributed by atoms with Gasteiger partial charge >= 0.3 is 0 Å². The van der Waals surface area contributed by atoms with E-state index in [0.717, 1.165) is 16.6 Å². The Morgan fingerprint density at radius 2 is 2.21 bits per heavy atom. The molecule has 0 unspecified atom stereocenters. The number of rotatable bonds is 2. The number of nitrogens with one attached hydrogen (secondary N) is 1. The second-order valence-corrected chi connectivity index (χ2v) is 3.07. The van der Waals surface area contributed by atoms with Crippen molar-refractivity contribution >= 4 is 16.6 Å². The van der Waals surface area contributed by atoms with E-state index in [9.17, 15) is 10.1 Å². The van der Waals surface area contributed by atoms with Gasteiger partial charge in [0.1, 0.15) is 0 Å². The molecule has 1 aromatic heterocycles. The average molecular weight is 189 g/mol. The van der Waals surface area contributed by atoms with Crippen molar-refractivity contribution in [2.75, 3.05) is 0 Å². The van der Waals surface area contributed by atoms with Gasteiger partial charge in [0.2, 0.25) is 0 Å². The van der Waals surface area contributed by atoms with E-state index in [1.54, 1.807) is 12.1 Å². The molecule has 0 atom stereocenters. The van der Waals surface area contributed by atoms with E-state index in [-0.39, 0.29) is 5.69 Å². The smallest absolute Gasteiger partial charge is 0.270 e. The molecule has 1 N–H and O–H groups in total. The third-order valence-corrected chi connectivity index (χ3v) is 2.14. The van der Waals surface area contributed by atoms with Crippen LogP contribution < -0.4 is 0 Å². The van der Waals surface area contributed by atoms with Crippen LogP contribution in [0.5, 0.6) is 0 Å². The third kappa shape index (κ3) is 1.35. The number of nitro benzene ring substituents is 1. The maximum Gasteiger partial charge on any atom is 0.270 e. The van der Waals surface area contributed by atoms with E-state index in [1.807, 2.05) is 6.07 Å². The molecule has 1 radical (unpaired) electrons. The van der Waals surface area contributed by atoms with Crippen molar-refractivity contribution in [3.63, 3.8) is 0 Å². The van der Waals surface area contributed by atoms with Crippen molar-refractivity contribution in [2.24, 2.45) is 0 Å². The Bertz CT molecular complexity index is 488. The van der Waals surface area contributed by atoms with E-state index >= 15 is 0 Å². The molecule has 0 bridgehead atoms. The molecule has 0 aliphatic carbocycles. The molecule has 71 valence electrons. The molecule has 0 saturated heterocycles. The van der Waals surface area contributed by atoms with Gasteiger partial charge in [0.25, 0.3) is 5.69 Å². The fourth-order valence-corrected chi connectivity index (χ4v) is 1.43. The normalized spacial score (nSPS) is 10.6. The van der Waals surface area contributed by atoms with Crippen LogP contribution in [-0.4, -0.2) is 9.91 Å². The first kappa shape index (κ1) is 8.74. The van der Waals surface area contributed by atoms with Gasteiger partial charge in [0.15, 0.2) is 0 Å². The monoisotopic (exact) mass is 189 g/mol. The Morgan fingerprint density at radius 3 is 2.86 bits per heavy atom. The molecule has 14 heavy (non-hydrogen) atoms. The van der Waals surface area contributed by atoms with Crippen LogP contribution in [0.4, 0.5) is 5.69 Å². The Hall–Kier alpha value is -1.84. The molecule has 2 rings (SSSR count). The first-order chi connectivity index (χ1) is 6.70. The first-order valence-corrected chi connectivity index (χ1v) is 4.26. The lowest BCUT2D eigenvalue weighted by Gasteiger charge is -1.90. The molecule has 0 amide bonds. The topological polar surface area (TPSA) is 58.9 Å². The predicted octanol–water partition coefficient (Wildman–Crippen LogP) is 2.45. The van der Waals surface area contributed by atoms with E-state index in [2.05, 4.69) is 11.9 Å². The average Bonchev–Trinajstić information content (AvgIpc) is 2.58. The van der Waals surface area contributed by atoms with Gasteiger partial charge < -0.3 is 4.98 Å². The minimum atomic E-state index is -0.393. The van der Waals surface area contributed by atoms with Crippen molar-refractivity contribution in [3.8, 4) is 0 Å². The summed E-state index contributed by atoms with van der Waals surface area (Å²) >= 11 is 0. The number of hydrogen-bond donors (Lipinski definition) is 1. The van der Waals surface area contributed by atoms with Crippen LogP contribution in [-0.2, 0) is 6.42 Å². The van der Waals surface area contributed by atoms with Crippen LogP contribution in [0.15, 0.2) is 24.3 Å². The molecule has 4 nitrogen and oxygen atoms in total. The molecule has 0 fully saturated rings. The van der Waals surface area contributed by atoms with Gasteiger partial charge in [-0.05, 0) is 25.5 Å². The predicted molar refractivity (Wildman–Crippen MR) is 54.0 cm³/mol. The zero-order chi connectivity index (χ0) is 10.1. The van der Waals surface area contributed by atoms with Crippen LogP contribution in [0.25, 0.3) is 10.9 Å². The minimum absolute atomic E-state index is 0.118. The van der Waals surface area contributed by atoms with Gasteiger partial charge in [-0.3, -0.25) is 10.1 Å². The summed E-state index contributed by atoms with van der Waals surface area (Å²) in [5.74, 6) is 0. The second kappa shape index (κ2) is 3.14. The molecule has 0 spiro atoms. The van der Waals surface area contributed by atoms with Gasteiger partial charge in [0.05, 0.1) is 4.92 Å². The molecule has 1 heterocycles. The molecule has 0 aliphatic rings. The maximum atomic E-state index is 10.5. The molecule has 0 aliphatic heterocycles. The van der Waals surface area contributed by atoms with Crippen molar-refractivity contribution < 1.29 is 4.92 Å². The lowest BCUT2D eigenvalue weighted by atomic mass is 10.2. The SMILES string of the molecule is [CH2]Cc1cc2cc([N+](=O)[O-])ccc2[nH]1. The summed E-state index contributed by atoms with van der Waals surface area (Å²) in [6.07, 6.45) is 0.655. The van der Waals surface area contributed by atoms with E-state index in [0.29, 0.717) is 6.42 Å². The Labute approximate surface area is 80.7 Å². The van der Waals surface area contributed by atoms with Crippen LogP contribution >= 0.6 is 0 Å². The van der Waals surface area contributed by atoms with Crippen LogP contribution in [0.1, 0.15) is 5.69 Å². The van der Waals surface area contributed by atoms with Gasteiger partial charge in [0, 0.05) is 28.7 Å². The summed E-state index contributed by atoms with van der Waals surface area (Å²) in [5, 5.41) is 11.4. The second-order valence-electron chi connectivity index (χ2n) is 3.07. The highest BCUT2D eigenvalue weighted by atomic mass is 16.6. The van der Waals surface area contributed by atoms with Crippen LogP contribution in [0.3, 0.4) is 0 Å². The fourth-order valence-electron chi connectivity index (χ4n) is 1.43. The molecule has 1 aromatic carbocycles. The highest BCUT2D eigenvalue weighted by Crippen LogP contribution is 2.21. The van der Waals surface area contributed by atoms with Gasteiger partial charge in [-0.15, -0.1) is 0 Å². The quantitative estimate of drug-likeness (QED) is 0.582. The zero-order valence-electron chi connectivity index (χ0n) is 7.49. The summed E-state index contributed by atoms with van der Waals surface area (Å²) < 4.78 is 0. The number of fused-ring (bicyclic) bond motifs is 1. The Kier molecular flexibility index (Phi) is 1.96. The minimum Gasteiger partial charge on any atom is -0.358 e. The molecule has 2 aromatic rings. The number of hydrogen-bond acceptors (Lipinski definition) is 2. The third-order valence-electron chi connectivity index (χ3n) is 2.14. The lowest BCUT2D eigenvalue weighted by Crippen LogP contribution is -1.86. The number of nitrogens with zero attached hydrogens (tertiary/aromatic N) is 1. The van der Waals surface area contributed by atoms with E-state index in [4.69, 9.17) is 0 Å². The van der Waals surface area contributed by atoms with Crippen LogP contribution in [0, 0.1) is 17.0 Å². The standard InChI is InChI=1S/C10H9N2O2/c1-2-8-5-7-6-9(12(13)14)3-4-10(7)11-8/h3-6,11H,1-2H2. The Morgan fingerprint density at radius 1 is 1.43 bits per heavy atom. The van der Waals surface area contributed by atoms with Crippen molar-refractivity contribution in [1.82, 2.24) is 4.98 Å². The number of H-pyrrole nitrogens is 1. The number of benzene rings is 1. The van der Waals surface area contributed by atoms with Crippen molar-refractivity contribution in [3.05, 3.63) is 47.0 Å². The summed E-state index contributed by atoms with van der Waals surface area (Å²) in [5.41, 5.74) is 2.02. The molecule has 4 heteroatoms. The van der Waals surface area contributed by atoms with E-state index < -0.39 is 4.92 Å². The first-order valence-electron chi connectivity index (χ1n) is 4.26. The molecule has 0 saturated carbocycles. The maximum absolute atomic E-state index is 10.5. The van der Waals surface area contributed by atoms with Crippen molar-refractivity contribution in [1.29, 1.82) is 0 Å². The number of nitro groups is 1. The number of aromatic nitrogens is 1. The highest BCUT2D eigenvalue weighted by molar-refractivity contribution is 5.82. The Balaban J connectivity index is 2.59. The van der Waals surface area contributed by atoms with Gasteiger partial charge in [-0.1, -0.05) is 0 Å².